The van der Waals surface area contributed by atoms with E-state index in [-0.39, 0.29) is 35.9 Å². The third-order valence-electron chi connectivity index (χ3n) is 6.36. The van der Waals surface area contributed by atoms with Crippen LogP contribution in [-0.4, -0.2) is 63.9 Å². The molecule has 1 aliphatic heterocycles. The van der Waals surface area contributed by atoms with Crippen LogP contribution in [0.2, 0.25) is 0 Å². The number of amides is 1. The zero-order valence-electron chi connectivity index (χ0n) is 21.6. The lowest BCUT2D eigenvalue weighted by Gasteiger charge is -2.31. The molecule has 1 saturated heterocycles. The number of hydrogen-bond donors (Lipinski definition) is 1. The van der Waals surface area contributed by atoms with E-state index in [1.165, 1.54) is 29.3 Å². The second-order valence-electron chi connectivity index (χ2n) is 9.30. The Hall–Kier alpha value is -4.00. The predicted octanol–water partition coefficient (Wildman–Crippen LogP) is 2.71. The molecule has 13 heteroatoms. The number of fused-ring (bicyclic) bond motifs is 1. The summed E-state index contributed by atoms with van der Waals surface area (Å²) in [5, 5.41) is 7.78. The van der Waals surface area contributed by atoms with Gasteiger partial charge in [0.05, 0.1) is 19.8 Å². The van der Waals surface area contributed by atoms with E-state index in [2.05, 4.69) is 30.3 Å². The lowest BCUT2D eigenvalue weighted by atomic mass is 9.96. The first kappa shape index (κ1) is 25.6. The zero-order valence-corrected chi connectivity index (χ0v) is 22.4. The smallest absolute Gasteiger partial charge is 0.273 e. The normalized spacial score (nSPS) is 14.3. The summed E-state index contributed by atoms with van der Waals surface area (Å²) >= 11 is 1.31. The first-order valence-corrected chi connectivity index (χ1v) is 13.1. The van der Waals surface area contributed by atoms with Crippen molar-refractivity contribution in [3.8, 4) is 22.9 Å². The van der Waals surface area contributed by atoms with E-state index in [1.54, 1.807) is 25.3 Å². The number of benzene rings is 1. The van der Waals surface area contributed by atoms with Gasteiger partial charge in [-0.05, 0) is 38.8 Å². The van der Waals surface area contributed by atoms with Gasteiger partial charge in [0.25, 0.3) is 5.56 Å². The zero-order chi connectivity index (χ0) is 26.8. The molecule has 38 heavy (non-hydrogen) atoms. The van der Waals surface area contributed by atoms with Crippen molar-refractivity contribution in [3.05, 3.63) is 40.8 Å². The number of methoxy groups -OCH3 is 2. The van der Waals surface area contributed by atoms with Crippen LogP contribution in [0.4, 0.5) is 5.13 Å². The van der Waals surface area contributed by atoms with Gasteiger partial charge in [-0.3, -0.25) is 14.2 Å². The molecule has 0 bridgehead atoms. The Bertz CT molecular complexity index is 1500. The van der Waals surface area contributed by atoms with Crippen LogP contribution in [-0.2, 0) is 11.3 Å². The summed E-state index contributed by atoms with van der Waals surface area (Å²) in [6.45, 7) is 5.38. The van der Waals surface area contributed by atoms with Gasteiger partial charge < -0.3 is 24.2 Å². The van der Waals surface area contributed by atoms with Crippen LogP contribution < -0.4 is 25.2 Å². The maximum atomic E-state index is 13.2. The van der Waals surface area contributed by atoms with Gasteiger partial charge in [0.2, 0.25) is 17.6 Å². The quantitative estimate of drug-likeness (QED) is 0.356. The highest BCUT2D eigenvalue weighted by Crippen LogP contribution is 2.36. The number of hydrogen-bond acceptors (Lipinski definition) is 11. The summed E-state index contributed by atoms with van der Waals surface area (Å²) in [7, 11) is 3.09. The Morgan fingerprint density at radius 2 is 2.00 bits per heavy atom. The van der Waals surface area contributed by atoms with Crippen molar-refractivity contribution in [2.75, 3.05) is 32.2 Å². The number of carbonyl (C=O) groups excluding carboxylic acids is 1. The molecule has 0 atom stereocenters. The standard InChI is InChI=1S/C25H29N7O5S/c1-14(2)27-23(33)15-8-10-31(11-9-15)25-29-22-20(38-25)24(34)32(13-26-22)12-18-28-21(30-37-18)16-6-5-7-17(35-3)19(16)36-4/h5-7,13-15H,8-12H2,1-4H3,(H,27,33). The van der Waals surface area contributed by atoms with E-state index in [0.717, 1.165) is 18.0 Å². The minimum atomic E-state index is -0.233. The number of anilines is 1. The van der Waals surface area contributed by atoms with Gasteiger partial charge in [0.1, 0.15) is 17.6 Å². The fourth-order valence-electron chi connectivity index (χ4n) is 4.46. The van der Waals surface area contributed by atoms with E-state index in [4.69, 9.17) is 14.0 Å². The average Bonchev–Trinajstić information content (AvgIpc) is 3.57. The number of para-hydroxylation sites is 1. The Kier molecular flexibility index (Phi) is 7.27. The molecule has 4 heterocycles. The summed E-state index contributed by atoms with van der Waals surface area (Å²) in [5.74, 6) is 1.70. The summed E-state index contributed by atoms with van der Waals surface area (Å²) in [6.07, 6.45) is 2.92. The maximum absolute atomic E-state index is 13.2. The number of nitrogens with one attached hydrogen (secondary N) is 1. The largest absolute Gasteiger partial charge is 0.493 e. The van der Waals surface area contributed by atoms with Crippen molar-refractivity contribution >= 4 is 32.7 Å². The Morgan fingerprint density at radius 1 is 1.21 bits per heavy atom. The molecule has 0 radical (unpaired) electrons. The number of nitrogens with zero attached hydrogens (tertiary/aromatic N) is 6. The molecule has 1 amide bonds. The predicted molar refractivity (Wildman–Crippen MR) is 142 cm³/mol. The third-order valence-corrected chi connectivity index (χ3v) is 7.45. The monoisotopic (exact) mass is 539 g/mol. The molecule has 0 aliphatic carbocycles. The highest BCUT2D eigenvalue weighted by Gasteiger charge is 2.27. The van der Waals surface area contributed by atoms with Crippen LogP contribution in [0.5, 0.6) is 11.5 Å². The highest BCUT2D eigenvalue weighted by molar-refractivity contribution is 7.22. The number of thiazole rings is 1. The van der Waals surface area contributed by atoms with Crippen molar-refractivity contribution in [1.29, 1.82) is 0 Å². The second-order valence-corrected chi connectivity index (χ2v) is 10.3. The van der Waals surface area contributed by atoms with Crippen LogP contribution in [0.25, 0.3) is 21.7 Å². The molecule has 1 N–H and O–H groups in total. The Balaban J connectivity index is 1.32. The maximum Gasteiger partial charge on any atom is 0.273 e. The number of piperidine rings is 1. The first-order valence-electron chi connectivity index (χ1n) is 12.3. The average molecular weight is 540 g/mol. The van der Waals surface area contributed by atoms with Crippen molar-refractivity contribution in [2.24, 2.45) is 5.92 Å². The van der Waals surface area contributed by atoms with Crippen LogP contribution in [0, 0.1) is 5.92 Å². The van der Waals surface area contributed by atoms with Crippen molar-refractivity contribution in [2.45, 2.75) is 39.3 Å². The van der Waals surface area contributed by atoms with E-state index in [0.29, 0.717) is 46.3 Å². The van der Waals surface area contributed by atoms with Gasteiger partial charge in [-0.15, -0.1) is 0 Å². The molecule has 5 rings (SSSR count). The van der Waals surface area contributed by atoms with Gasteiger partial charge in [-0.2, -0.15) is 9.97 Å². The summed E-state index contributed by atoms with van der Waals surface area (Å²) in [4.78, 5) is 41.1. The van der Waals surface area contributed by atoms with Crippen LogP contribution in [0.1, 0.15) is 32.6 Å². The minimum Gasteiger partial charge on any atom is -0.493 e. The van der Waals surface area contributed by atoms with E-state index in [1.807, 2.05) is 13.8 Å². The SMILES string of the molecule is COc1cccc(-c2noc(Cn3cnc4nc(N5CCC(C(=O)NC(C)C)CC5)sc4c3=O)n2)c1OC. The molecule has 3 aromatic heterocycles. The van der Waals surface area contributed by atoms with Gasteiger partial charge in [0, 0.05) is 25.0 Å². The molecule has 1 aliphatic rings. The first-order chi connectivity index (χ1) is 18.4. The van der Waals surface area contributed by atoms with Gasteiger partial charge in [-0.1, -0.05) is 22.6 Å². The number of aromatic nitrogens is 5. The van der Waals surface area contributed by atoms with Crippen molar-refractivity contribution in [1.82, 2.24) is 30.0 Å². The summed E-state index contributed by atoms with van der Waals surface area (Å²) in [5.41, 5.74) is 0.780. The van der Waals surface area contributed by atoms with Crippen molar-refractivity contribution in [3.63, 3.8) is 0 Å². The lowest BCUT2D eigenvalue weighted by Crippen LogP contribution is -2.42. The fourth-order valence-corrected chi connectivity index (χ4v) is 5.48. The molecule has 0 saturated carbocycles. The van der Waals surface area contributed by atoms with Gasteiger partial charge >= 0.3 is 0 Å². The van der Waals surface area contributed by atoms with Crippen LogP contribution in [0.3, 0.4) is 0 Å². The van der Waals surface area contributed by atoms with E-state index < -0.39 is 0 Å². The fraction of sp³-hybridized carbons (Fsp3) is 0.440. The molecule has 12 nitrogen and oxygen atoms in total. The Morgan fingerprint density at radius 3 is 2.71 bits per heavy atom. The summed E-state index contributed by atoms with van der Waals surface area (Å²) < 4.78 is 18.1. The lowest BCUT2D eigenvalue weighted by molar-refractivity contribution is -0.126. The number of ether oxygens (including phenoxy) is 2. The van der Waals surface area contributed by atoms with Crippen molar-refractivity contribution < 1.29 is 18.8 Å². The van der Waals surface area contributed by atoms with Crippen LogP contribution >= 0.6 is 11.3 Å². The molecule has 0 spiro atoms. The number of carbonyl (C=O) groups is 1. The Labute approximate surface area is 222 Å². The number of rotatable bonds is 8. The van der Waals surface area contributed by atoms with Crippen LogP contribution in [0.15, 0.2) is 33.8 Å². The molecule has 4 aromatic rings. The van der Waals surface area contributed by atoms with Gasteiger partial charge in [-0.25, -0.2) is 4.98 Å². The molecule has 0 unspecified atom stereocenters. The van der Waals surface area contributed by atoms with Gasteiger partial charge in [0.15, 0.2) is 22.3 Å². The topological polar surface area (TPSA) is 137 Å². The third kappa shape index (κ3) is 5.05. The summed E-state index contributed by atoms with van der Waals surface area (Å²) in [6, 6.07) is 5.51. The molecular formula is C25H29N7O5S. The highest BCUT2D eigenvalue weighted by atomic mass is 32.1. The van der Waals surface area contributed by atoms with E-state index >= 15 is 0 Å². The minimum absolute atomic E-state index is 0.00498. The second kappa shape index (κ2) is 10.8. The molecule has 1 fully saturated rings. The van der Waals surface area contributed by atoms with E-state index in [9.17, 15) is 9.59 Å². The molecular weight excluding hydrogens is 510 g/mol. The molecule has 1 aromatic carbocycles. The molecule has 200 valence electrons.